The quantitative estimate of drug-likeness (QED) is 0.396. The fourth-order valence-corrected chi connectivity index (χ4v) is 4.50. The number of anilines is 1. The van der Waals surface area contributed by atoms with Crippen molar-refractivity contribution >= 4 is 22.6 Å². The Morgan fingerprint density at radius 2 is 1.55 bits per heavy atom. The number of likely N-dealkylation sites (tertiary alicyclic amines) is 1. The minimum absolute atomic E-state index is 0.147. The number of aromatic nitrogens is 2. The van der Waals surface area contributed by atoms with Gasteiger partial charge in [0.1, 0.15) is 11.6 Å². The van der Waals surface area contributed by atoms with E-state index in [0.717, 1.165) is 35.9 Å². The normalized spacial score (nSPS) is 16.0. The molecule has 3 heterocycles. The van der Waals surface area contributed by atoms with Crippen molar-refractivity contribution < 1.29 is 22.4 Å². The molecule has 0 atom stereocenters. The van der Waals surface area contributed by atoms with Crippen LogP contribution in [-0.4, -0.2) is 59.2 Å². The number of H-pyrrole nitrogens is 1. The lowest BCUT2D eigenvalue weighted by molar-refractivity contribution is -0.117. The fraction of sp³-hybridized carbons (Fsp3) is 0.500. The largest absolute Gasteiger partial charge is 0.386 e. The molecule has 0 bridgehead atoms. The molecular formula is C28H39F4N5O. The summed E-state index contributed by atoms with van der Waals surface area (Å²) < 4.78 is 44.0. The number of nitrogens with zero attached hydrogens (tertiary/aromatic N) is 3. The lowest BCUT2D eigenvalue weighted by Gasteiger charge is -2.37. The number of primary amides is 1. The van der Waals surface area contributed by atoms with Gasteiger partial charge in [-0.2, -0.15) is 13.2 Å². The number of halogens is 4. The zero-order valence-corrected chi connectivity index (χ0v) is 22.4. The van der Waals surface area contributed by atoms with E-state index in [1.54, 1.807) is 12.1 Å². The minimum Gasteiger partial charge on any atom is -0.371 e. The molecule has 210 valence electrons. The zero-order valence-electron chi connectivity index (χ0n) is 22.4. The summed E-state index contributed by atoms with van der Waals surface area (Å²) in [5, 5.41) is 0. The highest BCUT2D eigenvalue weighted by atomic mass is 19.4. The molecule has 2 aromatic carbocycles. The van der Waals surface area contributed by atoms with Gasteiger partial charge in [-0.1, -0.05) is 26.0 Å². The molecule has 2 aliphatic heterocycles. The molecule has 6 nitrogen and oxygen atoms in total. The average molecular weight is 538 g/mol. The Morgan fingerprint density at radius 3 is 2.08 bits per heavy atom. The van der Waals surface area contributed by atoms with Crippen LogP contribution in [-0.2, 0) is 11.2 Å². The number of nitrogens with two attached hydrogens (primary N) is 1. The summed E-state index contributed by atoms with van der Waals surface area (Å²) in [6, 6.07) is 15.3. The first-order chi connectivity index (χ1) is 18.1. The molecule has 38 heavy (non-hydrogen) atoms. The van der Waals surface area contributed by atoms with Crippen molar-refractivity contribution in [3.63, 3.8) is 0 Å². The molecular weight excluding hydrogens is 498 g/mol. The number of amides is 1. The van der Waals surface area contributed by atoms with Gasteiger partial charge in [-0.15, -0.1) is 0 Å². The van der Waals surface area contributed by atoms with Gasteiger partial charge in [0.25, 0.3) is 0 Å². The Labute approximate surface area is 222 Å². The molecule has 3 aromatic rings. The van der Waals surface area contributed by atoms with Crippen LogP contribution in [0.25, 0.3) is 11.0 Å². The highest BCUT2D eigenvalue weighted by Crippen LogP contribution is 2.25. The summed E-state index contributed by atoms with van der Waals surface area (Å²) in [5.74, 6) is 0.0958. The first kappa shape index (κ1) is 31.1. The van der Waals surface area contributed by atoms with Crippen molar-refractivity contribution in [1.29, 1.82) is 0 Å². The van der Waals surface area contributed by atoms with Crippen LogP contribution in [0, 0.1) is 5.82 Å². The molecule has 2 saturated heterocycles. The number of aromatic amines is 1. The van der Waals surface area contributed by atoms with Crippen LogP contribution in [0.1, 0.15) is 52.3 Å². The molecule has 3 N–H and O–H groups in total. The third-order valence-corrected chi connectivity index (χ3v) is 6.09. The first-order valence-corrected chi connectivity index (χ1v) is 13.1. The summed E-state index contributed by atoms with van der Waals surface area (Å²) in [6.07, 6.45) is 1.40. The molecule has 1 amide bonds. The van der Waals surface area contributed by atoms with Gasteiger partial charge in [0, 0.05) is 31.7 Å². The summed E-state index contributed by atoms with van der Waals surface area (Å²) >= 11 is 0. The van der Waals surface area contributed by atoms with Crippen LogP contribution in [0.3, 0.4) is 0 Å². The number of imidazole rings is 1. The van der Waals surface area contributed by atoms with Crippen molar-refractivity contribution in [2.45, 2.75) is 65.1 Å². The third-order valence-electron chi connectivity index (χ3n) is 6.09. The van der Waals surface area contributed by atoms with Gasteiger partial charge in [-0.25, -0.2) is 9.37 Å². The Morgan fingerprint density at radius 1 is 1.00 bits per heavy atom. The van der Waals surface area contributed by atoms with Gasteiger partial charge in [-0.3, -0.25) is 4.79 Å². The number of carbonyl (C=O) groups is 1. The van der Waals surface area contributed by atoms with Crippen molar-refractivity contribution in [2.24, 2.45) is 5.73 Å². The summed E-state index contributed by atoms with van der Waals surface area (Å²) in [7, 11) is 0. The first-order valence-electron chi connectivity index (χ1n) is 13.1. The number of benzene rings is 2. The standard InChI is InChI=1S/C15H21FN2.C9H9N3O.C2H3F3.C2H6/c16-13-3-5-14(6-4-13)18-11-7-15(8-12-18)17-9-1-2-10-17;10-8(13)5-9-11-6-3-1-2-4-7(6)12-9;1-2(3,4)5;1-2/h3-6,15H,1-2,7-12H2;1-4H,5H2,(H2,10,13)(H,11,12);1H3;1-2H3. The fourth-order valence-electron chi connectivity index (χ4n) is 4.50. The predicted octanol–water partition coefficient (Wildman–Crippen LogP) is 6.08. The molecule has 0 spiro atoms. The Balaban J connectivity index is 0.000000222. The lowest BCUT2D eigenvalue weighted by atomic mass is 10.0. The van der Waals surface area contributed by atoms with E-state index in [0.29, 0.717) is 5.82 Å². The summed E-state index contributed by atoms with van der Waals surface area (Å²) in [5.41, 5.74) is 8.00. The number of para-hydroxylation sites is 2. The van der Waals surface area contributed by atoms with Gasteiger partial charge in [0.2, 0.25) is 5.91 Å². The van der Waals surface area contributed by atoms with Gasteiger partial charge < -0.3 is 20.5 Å². The van der Waals surface area contributed by atoms with E-state index in [2.05, 4.69) is 19.8 Å². The maximum Gasteiger partial charge on any atom is 0.386 e. The number of fused-ring (bicyclic) bond motifs is 1. The molecule has 0 saturated carbocycles. The lowest BCUT2D eigenvalue weighted by Crippen LogP contribution is -2.43. The second kappa shape index (κ2) is 15.3. The molecule has 2 aliphatic rings. The topological polar surface area (TPSA) is 78.2 Å². The third kappa shape index (κ3) is 11.1. The van der Waals surface area contributed by atoms with Gasteiger partial charge in [0.15, 0.2) is 0 Å². The van der Waals surface area contributed by atoms with Crippen molar-refractivity contribution in [2.75, 3.05) is 31.1 Å². The SMILES string of the molecule is CC.CC(F)(F)F.Fc1ccc(N2CCC(N3CCCC3)CC2)cc1.NC(=O)Cc1nc2ccccc2[nH]1. The Bertz CT molecular complexity index is 1050. The second-order valence-electron chi connectivity index (χ2n) is 9.06. The number of carbonyl (C=O) groups excluding carboxylic acids is 1. The van der Waals surface area contributed by atoms with Crippen molar-refractivity contribution in [1.82, 2.24) is 14.9 Å². The Kier molecular flexibility index (Phi) is 12.5. The number of hydrogen-bond donors (Lipinski definition) is 2. The number of alkyl halides is 3. The van der Waals surface area contributed by atoms with Crippen LogP contribution in [0.15, 0.2) is 48.5 Å². The number of nitrogens with one attached hydrogen (secondary N) is 1. The van der Waals surface area contributed by atoms with Gasteiger partial charge in [-0.05, 0) is 75.2 Å². The molecule has 0 radical (unpaired) electrons. The molecule has 0 aliphatic carbocycles. The smallest absolute Gasteiger partial charge is 0.371 e. The summed E-state index contributed by atoms with van der Waals surface area (Å²) in [4.78, 5) is 22.9. The van der Waals surface area contributed by atoms with E-state index in [-0.39, 0.29) is 25.1 Å². The van der Waals surface area contributed by atoms with E-state index in [4.69, 9.17) is 5.73 Å². The van der Waals surface area contributed by atoms with Gasteiger partial charge in [0.05, 0.1) is 17.5 Å². The molecule has 1 aromatic heterocycles. The number of piperidine rings is 1. The van der Waals surface area contributed by atoms with Crippen LogP contribution in [0.4, 0.5) is 23.2 Å². The highest BCUT2D eigenvalue weighted by Gasteiger charge is 2.26. The second-order valence-corrected chi connectivity index (χ2v) is 9.06. The van der Waals surface area contributed by atoms with Crippen LogP contribution >= 0.6 is 0 Å². The van der Waals surface area contributed by atoms with E-state index in [1.807, 2.05) is 50.2 Å². The number of hydrogen-bond acceptors (Lipinski definition) is 4. The van der Waals surface area contributed by atoms with Gasteiger partial charge >= 0.3 is 6.18 Å². The van der Waals surface area contributed by atoms with Crippen LogP contribution in [0.2, 0.25) is 0 Å². The monoisotopic (exact) mass is 537 g/mol. The van der Waals surface area contributed by atoms with E-state index in [1.165, 1.54) is 38.8 Å². The van der Waals surface area contributed by atoms with Crippen molar-refractivity contribution in [3.05, 3.63) is 60.2 Å². The minimum atomic E-state index is -4.00. The van der Waals surface area contributed by atoms with Crippen LogP contribution in [0.5, 0.6) is 0 Å². The van der Waals surface area contributed by atoms with Crippen molar-refractivity contribution in [3.8, 4) is 0 Å². The molecule has 5 rings (SSSR count). The van der Waals surface area contributed by atoms with E-state index >= 15 is 0 Å². The highest BCUT2D eigenvalue weighted by molar-refractivity contribution is 5.79. The maximum atomic E-state index is 12.9. The maximum absolute atomic E-state index is 12.9. The van der Waals surface area contributed by atoms with Crippen LogP contribution < -0.4 is 10.6 Å². The molecule has 10 heteroatoms. The summed E-state index contributed by atoms with van der Waals surface area (Å²) in [6.45, 7) is 8.98. The zero-order chi connectivity index (χ0) is 28.1. The van der Waals surface area contributed by atoms with E-state index in [9.17, 15) is 22.4 Å². The van der Waals surface area contributed by atoms with E-state index < -0.39 is 6.18 Å². The molecule has 2 fully saturated rings. The number of rotatable bonds is 4. The predicted molar refractivity (Wildman–Crippen MR) is 145 cm³/mol. The molecule has 0 unspecified atom stereocenters. The Hall–Kier alpha value is -3.14. The average Bonchev–Trinajstić information content (AvgIpc) is 3.55.